The fraction of sp³-hybridized carbons (Fsp3) is 0.632. The number of amides is 1. The van der Waals surface area contributed by atoms with Gasteiger partial charge in [-0.3, -0.25) is 14.2 Å². The van der Waals surface area contributed by atoms with Crippen molar-refractivity contribution in [2.45, 2.75) is 64.5 Å². The van der Waals surface area contributed by atoms with E-state index in [-0.39, 0.29) is 23.3 Å². The van der Waals surface area contributed by atoms with Crippen LogP contribution in [-0.2, 0) is 10.2 Å². The minimum Gasteiger partial charge on any atom is -0.309 e. The minimum absolute atomic E-state index is 0.0332. The maximum Gasteiger partial charge on any atom is 0.229 e. The Hall–Kier alpha value is -2.11. The zero-order valence-electron chi connectivity index (χ0n) is 15.4. The van der Waals surface area contributed by atoms with Gasteiger partial charge in [-0.25, -0.2) is 0 Å². The number of carbonyl (C=O) groups is 1. The van der Waals surface area contributed by atoms with Gasteiger partial charge in [0.1, 0.15) is 0 Å². The Labute approximate surface area is 148 Å². The van der Waals surface area contributed by atoms with E-state index in [0.717, 1.165) is 19.3 Å². The third-order valence-corrected chi connectivity index (χ3v) is 6.00. The molecule has 3 aliphatic rings. The second-order valence-corrected chi connectivity index (χ2v) is 8.16. The van der Waals surface area contributed by atoms with Gasteiger partial charge in [-0.05, 0) is 58.9 Å². The molecule has 0 aromatic carbocycles. The van der Waals surface area contributed by atoms with Crippen LogP contribution in [0.3, 0.4) is 0 Å². The summed E-state index contributed by atoms with van der Waals surface area (Å²) in [4.78, 5) is 13.0. The number of hydrogen-bond acceptors (Lipinski definition) is 3. The van der Waals surface area contributed by atoms with E-state index in [9.17, 15) is 4.79 Å². The number of anilines is 1. The van der Waals surface area contributed by atoms with E-state index in [4.69, 9.17) is 0 Å². The van der Waals surface area contributed by atoms with Crippen LogP contribution in [0.2, 0.25) is 0 Å². The van der Waals surface area contributed by atoms with Gasteiger partial charge in [-0.15, -0.1) is 0 Å². The van der Waals surface area contributed by atoms with Crippen LogP contribution >= 0.6 is 0 Å². The molecular formula is C19H27N5O. The van der Waals surface area contributed by atoms with Crippen molar-refractivity contribution >= 4 is 11.7 Å². The van der Waals surface area contributed by atoms with Crippen LogP contribution in [0.25, 0.3) is 0 Å². The molecule has 3 fully saturated rings. The minimum atomic E-state index is -0.0455. The first-order valence-corrected chi connectivity index (χ1v) is 9.32. The predicted molar refractivity (Wildman–Crippen MR) is 96.4 cm³/mol. The molecular weight excluding hydrogens is 314 g/mol. The zero-order valence-corrected chi connectivity index (χ0v) is 15.4. The Kier molecular flexibility index (Phi) is 3.74. The Bertz CT molecular complexity index is 785. The lowest BCUT2D eigenvalue weighted by Crippen LogP contribution is -2.51. The van der Waals surface area contributed by atoms with E-state index in [1.54, 1.807) is 0 Å². The van der Waals surface area contributed by atoms with Gasteiger partial charge in [-0.2, -0.15) is 10.2 Å². The maximum atomic E-state index is 13.0. The Morgan fingerprint density at radius 2 is 2.08 bits per heavy atom. The Morgan fingerprint density at radius 3 is 2.72 bits per heavy atom. The summed E-state index contributed by atoms with van der Waals surface area (Å²) < 4.78 is 3.96. The van der Waals surface area contributed by atoms with Crippen LogP contribution in [0, 0.1) is 11.8 Å². The number of hydrogen-bond donors (Lipinski definition) is 1. The van der Waals surface area contributed by atoms with Crippen LogP contribution in [-0.4, -0.2) is 25.5 Å². The van der Waals surface area contributed by atoms with Crippen molar-refractivity contribution in [1.29, 1.82) is 0 Å². The second kappa shape index (κ2) is 5.71. The summed E-state index contributed by atoms with van der Waals surface area (Å²) in [6, 6.07) is 4.58. The molecule has 2 aromatic heterocycles. The highest BCUT2D eigenvalue weighted by molar-refractivity contribution is 5.94. The van der Waals surface area contributed by atoms with Crippen molar-refractivity contribution < 1.29 is 4.79 Å². The van der Waals surface area contributed by atoms with Gasteiger partial charge in [-0.1, -0.05) is 0 Å². The molecule has 3 unspecified atom stereocenters. The number of aromatic nitrogens is 4. The molecule has 3 aliphatic carbocycles. The molecule has 2 aromatic rings. The molecule has 134 valence electrons. The largest absolute Gasteiger partial charge is 0.309 e. The van der Waals surface area contributed by atoms with E-state index in [0.29, 0.717) is 17.8 Å². The van der Waals surface area contributed by atoms with Crippen molar-refractivity contribution in [1.82, 2.24) is 19.6 Å². The standard InChI is InChI=1S/C19H27N5O/c1-12(2)23-10-7-16(22-23)21-18(25)17-14-5-8-19(17,11-14)15-6-9-20-24(15)13(3)4/h6-7,9-10,12-14,17H,5,8,11H2,1-4H3,(H,21,22,25). The second-order valence-electron chi connectivity index (χ2n) is 8.16. The van der Waals surface area contributed by atoms with Gasteiger partial charge in [0.25, 0.3) is 0 Å². The molecule has 1 N–H and O–H groups in total. The summed E-state index contributed by atoms with van der Waals surface area (Å²) >= 11 is 0. The smallest absolute Gasteiger partial charge is 0.229 e. The Morgan fingerprint density at radius 1 is 1.28 bits per heavy atom. The van der Waals surface area contributed by atoms with Crippen LogP contribution in [0.15, 0.2) is 24.5 Å². The first-order chi connectivity index (χ1) is 11.9. The lowest BCUT2D eigenvalue weighted by Gasteiger charge is -2.46. The lowest BCUT2D eigenvalue weighted by atomic mass is 9.58. The summed E-state index contributed by atoms with van der Waals surface area (Å²) in [6.07, 6.45) is 7.09. The number of rotatable bonds is 5. The third kappa shape index (κ3) is 2.41. The summed E-state index contributed by atoms with van der Waals surface area (Å²) in [6.45, 7) is 8.44. The summed E-state index contributed by atoms with van der Waals surface area (Å²) in [5.74, 6) is 1.28. The highest BCUT2D eigenvalue weighted by atomic mass is 16.2. The molecule has 0 aliphatic heterocycles. The third-order valence-electron chi connectivity index (χ3n) is 6.00. The normalized spacial score (nSPS) is 27.8. The number of nitrogens with zero attached hydrogens (tertiary/aromatic N) is 4. The molecule has 0 spiro atoms. The molecule has 2 heterocycles. The monoisotopic (exact) mass is 341 g/mol. The summed E-state index contributed by atoms with van der Waals surface area (Å²) in [5.41, 5.74) is 1.18. The van der Waals surface area contributed by atoms with Gasteiger partial charge in [0.05, 0.1) is 5.92 Å². The SMILES string of the molecule is CC(C)n1ccc(NC(=O)C2C3CCC2(c2ccnn2C(C)C)C3)n1. The van der Waals surface area contributed by atoms with Gasteiger partial charge in [0, 0.05) is 41.7 Å². The lowest BCUT2D eigenvalue weighted by molar-refractivity contribution is -0.127. The Balaban J connectivity index is 1.57. The van der Waals surface area contributed by atoms with Crippen molar-refractivity contribution in [2.24, 2.45) is 11.8 Å². The van der Waals surface area contributed by atoms with Crippen LogP contribution in [0.1, 0.15) is 64.7 Å². The predicted octanol–water partition coefficient (Wildman–Crippen LogP) is 3.55. The molecule has 0 saturated heterocycles. The molecule has 3 atom stereocenters. The van der Waals surface area contributed by atoms with Crippen molar-refractivity contribution in [3.63, 3.8) is 0 Å². The quantitative estimate of drug-likeness (QED) is 0.904. The zero-order chi connectivity index (χ0) is 17.8. The summed E-state index contributed by atoms with van der Waals surface area (Å²) in [5, 5.41) is 12.0. The van der Waals surface area contributed by atoms with Crippen molar-refractivity contribution in [3.8, 4) is 0 Å². The summed E-state index contributed by atoms with van der Waals surface area (Å²) in [7, 11) is 0. The van der Waals surface area contributed by atoms with E-state index in [1.165, 1.54) is 5.69 Å². The molecule has 3 saturated carbocycles. The van der Waals surface area contributed by atoms with Gasteiger partial charge < -0.3 is 5.32 Å². The highest BCUT2D eigenvalue weighted by Gasteiger charge is 2.64. The van der Waals surface area contributed by atoms with E-state index in [2.05, 4.69) is 54.0 Å². The van der Waals surface area contributed by atoms with Crippen molar-refractivity contribution in [2.75, 3.05) is 5.32 Å². The first-order valence-electron chi connectivity index (χ1n) is 9.32. The maximum absolute atomic E-state index is 13.0. The molecule has 5 rings (SSSR count). The van der Waals surface area contributed by atoms with E-state index >= 15 is 0 Å². The average Bonchev–Trinajstić information content (AvgIpc) is 3.29. The van der Waals surface area contributed by atoms with Gasteiger partial charge in [0.15, 0.2) is 5.82 Å². The van der Waals surface area contributed by atoms with Crippen LogP contribution < -0.4 is 5.32 Å². The van der Waals surface area contributed by atoms with Gasteiger partial charge in [0.2, 0.25) is 5.91 Å². The molecule has 6 heteroatoms. The first kappa shape index (κ1) is 16.4. The molecule has 2 bridgehead atoms. The molecule has 1 amide bonds. The van der Waals surface area contributed by atoms with E-state index < -0.39 is 0 Å². The number of nitrogens with one attached hydrogen (secondary N) is 1. The molecule has 6 nitrogen and oxygen atoms in total. The topological polar surface area (TPSA) is 64.7 Å². The number of carbonyl (C=O) groups excluding carboxylic acids is 1. The van der Waals surface area contributed by atoms with Gasteiger partial charge >= 0.3 is 0 Å². The van der Waals surface area contributed by atoms with Crippen LogP contribution in [0.5, 0.6) is 0 Å². The average molecular weight is 341 g/mol. The molecule has 0 radical (unpaired) electrons. The highest BCUT2D eigenvalue weighted by Crippen LogP contribution is 2.64. The fourth-order valence-electron chi connectivity index (χ4n) is 4.85. The molecule has 25 heavy (non-hydrogen) atoms. The van der Waals surface area contributed by atoms with Crippen molar-refractivity contribution in [3.05, 3.63) is 30.2 Å². The van der Waals surface area contributed by atoms with E-state index in [1.807, 2.05) is 23.1 Å². The van der Waals surface area contributed by atoms with Crippen LogP contribution in [0.4, 0.5) is 5.82 Å². The fourth-order valence-corrected chi connectivity index (χ4v) is 4.85. The number of fused-ring (bicyclic) bond motifs is 1.